The van der Waals surface area contributed by atoms with Crippen LogP contribution in [0.15, 0.2) is 15.8 Å². The van der Waals surface area contributed by atoms with E-state index in [9.17, 15) is 23.7 Å². The van der Waals surface area contributed by atoms with E-state index in [-0.39, 0.29) is 5.56 Å². The molecule has 0 bridgehead atoms. The summed E-state index contributed by atoms with van der Waals surface area (Å²) in [5.74, 6) is 0. The van der Waals surface area contributed by atoms with Crippen LogP contribution >= 0.6 is 7.82 Å². The van der Waals surface area contributed by atoms with Crippen molar-refractivity contribution in [1.82, 2.24) is 9.55 Å². The molecule has 11 nitrogen and oxygen atoms in total. The highest BCUT2D eigenvalue weighted by Crippen LogP contribution is 2.38. The van der Waals surface area contributed by atoms with Crippen molar-refractivity contribution in [1.29, 1.82) is 0 Å². The largest absolute Gasteiger partial charge is 0.469 e. The molecule has 0 unspecified atom stereocenters. The van der Waals surface area contributed by atoms with E-state index < -0.39 is 63.5 Å². The summed E-state index contributed by atoms with van der Waals surface area (Å²) in [6, 6.07) is 0. The first kappa shape index (κ1) is 19.9. The molecule has 0 aliphatic carbocycles. The SMILES string of the molecule is Cc1cn([C@@H]2O[C@H](COP(=O)(O)O)[C@@H](O)[C@H]2OCCF)c(=O)[nH]c1=O. The molecular weight excluding hydrogens is 366 g/mol. The van der Waals surface area contributed by atoms with E-state index in [1.807, 2.05) is 0 Å². The maximum atomic E-state index is 12.4. The number of aliphatic hydroxyl groups is 1. The molecule has 0 aromatic carbocycles. The molecule has 13 heteroatoms. The first-order chi connectivity index (χ1) is 11.6. The predicted octanol–water partition coefficient (Wildman–Crippen LogP) is -1.43. The average molecular weight is 384 g/mol. The summed E-state index contributed by atoms with van der Waals surface area (Å²) in [4.78, 5) is 43.0. The van der Waals surface area contributed by atoms with Gasteiger partial charge in [0, 0.05) is 11.8 Å². The van der Waals surface area contributed by atoms with E-state index in [1.54, 1.807) is 0 Å². The number of rotatable bonds is 7. The first-order valence-electron chi connectivity index (χ1n) is 7.17. The van der Waals surface area contributed by atoms with Crippen molar-refractivity contribution in [2.24, 2.45) is 0 Å². The topological polar surface area (TPSA) is 160 Å². The Morgan fingerprint density at radius 3 is 2.72 bits per heavy atom. The molecule has 0 radical (unpaired) electrons. The van der Waals surface area contributed by atoms with Crippen molar-refractivity contribution in [3.8, 4) is 0 Å². The molecular formula is C12H18FN2O9P. The van der Waals surface area contributed by atoms with Crippen molar-refractivity contribution < 1.29 is 37.8 Å². The highest BCUT2D eigenvalue weighted by Gasteiger charge is 2.46. The number of aromatic amines is 1. The maximum absolute atomic E-state index is 12.4. The Hall–Kier alpha value is -1.40. The third-order valence-corrected chi connectivity index (χ3v) is 4.01. The van der Waals surface area contributed by atoms with E-state index in [4.69, 9.17) is 19.3 Å². The maximum Gasteiger partial charge on any atom is 0.469 e. The summed E-state index contributed by atoms with van der Waals surface area (Å²) in [7, 11) is -4.81. The van der Waals surface area contributed by atoms with E-state index in [0.717, 1.165) is 4.57 Å². The molecule has 4 N–H and O–H groups in total. The van der Waals surface area contributed by atoms with Crippen LogP contribution in [0.2, 0.25) is 0 Å². The fourth-order valence-electron chi connectivity index (χ4n) is 2.39. The Kier molecular flexibility index (Phi) is 6.27. The normalized spacial score (nSPS) is 26.9. The average Bonchev–Trinajstić information content (AvgIpc) is 2.82. The lowest BCUT2D eigenvalue weighted by atomic mass is 10.1. The van der Waals surface area contributed by atoms with Crippen LogP contribution in [0.1, 0.15) is 11.8 Å². The molecule has 1 aromatic heterocycles. The minimum atomic E-state index is -4.81. The number of alkyl halides is 1. The molecule has 0 amide bonds. The van der Waals surface area contributed by atoms with Gasteiger partial charge in [0.25, 0.3) is 5.56 Å². The van der Waals surface area contributed by atoms with Crippen molar-refractivity contribution in [2.75, 3.05) is 19.9 Å². The molecule has 1 aliphatic heterocycles. The van der Waals surface area contributed by atoms with Gasteiger partial charge in [0.15, 0.2) is 6.23 Å². The number of H-pyrrole nitrogens is 1. The van der Waals surface area contributed by atoms with Crippen LogP contribution in [0.4, 0.5) is 4.39 Å². The molecule has 0 saturated carbocycles. The molecule has 1 fully saturated rings. The highest BCUT2D eigenvalue weighted by atomic mass is 31.2. The van der Waals surface area contributed by atoms with Gasteiger partial charge in [-0.3, -0.25) is 18.9 Å². The van der Waals surface area contributed by atoms with Gasteiger partial charge in [0.1, 0.15) is 25.0 Å². The summed E-state index contributed by atoms with van der Waals surface area (Å²) in [6.45, 7) is -0.510. The standard InChI is InChI=1S/C12H18FN2O9P/c1-6-4-15(12(18)14-10(6)17)11-9(22-3-2-13)8(16)7(24-11)5-23-25(19,20)21/h4,7-9,11,16H,2-3,5H2,1H3,(H,14,17,18)(H2,19,20,21)/t7-,8-,9-,11-/m1/s1. The van der Waals surface area contributed by atoms with Gasteiger partial charge in [-0.15, -0.1) is 0 Å². The minimum Gasteiger partial charge on any atom is -0.387 e. The molecule has 1 saturated heterocycles. The van der Waals surface area contributed by atoms with Crippen LogP contribution in [0.25, 0.3) is 0 Å². The number of aryl methyl sites for hydroxylation is 1. The number of aromatic nitrogens is 2. The van der Waals surface area contributed by atoms with Crippen LogP contribution < -0.4 is 11.2 Å². The second kappa shape index (κ2) is 7.87. The third-order valence-electron chi connectivity index (χ3n) is 3.53. The summed E-state index contributed by atoms with van der Waals surface area (Å²) < 4.78 is 39.0. The zero-order chi connectivity index (χ0) is 18.8. The predicted molar refractivity (Wildman–Crippen MR) is 79.7 cm³/mol. The number of nitrogens with zero attached hydrogens (tertiary/aromatic N) is 1. The van der Waals surface area contributed by atoms with Crippen molar-refractivity contribution in [3.63, 3.8) is 0 Å². The van der Waals surface area contributed by atoms with Gasteiger partial charge < -0.3 is 24.4 Å². The lowest BCUT2D eigenvalue weighted by Crippen LogP contribution is -2.40. The Balaban J connectivity index is 2.30. The van der Waals surface area contributed by atoms with Gasteiger partial charge >= 0.3 is 13.5 Å². The number of ether oxygens (including phenoxy) is 2. The Morgan fingerprint density at radius 2 is 2.12 bits per heavy atom. The molecule has 2 rings (SSSR count). The number of aliphatic hydroxyl groups excluding tert-OH is 1. The third kappa shape index (κ3) is 4.82. The monoisotopic (exact) mass is 384 g/mol. The number of halogens is 1. The fraction of sp³-hybridized carbons (Fsp3) is 0.667. The molecule has 0 spiro atoms. The molecule has 142 valence electrons. The van der Waals surface area contributed by atoms with Gasteiger partial charge in [0.05, 0.1) is 13.2 Å². The van der Waals surface area contributed by atoms with Crippen molar-refractivity contribution in [2.45, 2.75) is 31.5 Å². The van der Waals surface area contributed by atoms with Gasteiger partial charge in [-0.05, 0) is 6.92 Å². The van der Waals surface area contributed by atoms with Gasteiger partial charge in [-0.25, -0.2) is 13.8 Å². The number of hydrogen-bond donors (Lipinski definition) is 4. The zero-order valence-electron chi connectivity index (χ0n) is 13.1. The van der Waals surface area contributed by atoms with Gasteiger partial charge in [0.2, 0.25) is 0 Å². The summed E-state index contributed by atoms with van der Waals surface area (Å²) >= 11 is 0. The summed E-state index contributed by atoms with van der Waals surface area (Å²) in [5, 5.41) is 10.2. The van der Waals surface area contributed by atoms with Gasteiger partial charge in [-0.1, -0.05) is 0 Å². The second-order valence-electron chi connectivity index (χ2n) is 5.35. The van der Waals surface area contributed by atoms with E-state index in [2.05, 4.69) is 9.51 Å². The minimum absolute atomic E-state index is 0.178. The van der Waals surface area contributed by atoms with Crippen LogP contribution in [-0.2, 0) is 18.6 Å². The number of nitrogens with one attached hydrogen (secondary N) is 1. The quantitative estimate of drug-likeness (QED) is 0.413. The summed E-state index contributed by atoms with van der Waals surface area (Å²) in [5.41, 5.74) is -1.28. The summed E-state index contributed by atoms with van der Waals surface area (Å²) in [6.07, 6.45) is -4.00. The van der Waals surface area contributed by atoms with Crippen LogP contribution in [0, 0.1) is 6.92 Å². The van der Waals surface area contributed by atoms with Crippen molar-refractivity contribution >= 4 is 7.82 Å². The Morgan fingerprint density at radius 1 is 1.44 bits per heavy atom. The lowest BCUT2D eigenvalue weighted by molar-refractivity contribution is -0.0759. The van der Waals surface area contributed by atoms with Crippen LogP contribution in [-0.4, -0.2) is 62.6 Å². The van der Waals surface area contributed by atoms with Crippen molar-refractivity contribution in [3.05, 3.63) is 32.6 Å². The highest BCUT2D eigenvalue weighted by molar-refractivity contribution is 7.46. The van der Waals surface area contributed by atoms with Crippen LogP contribution in [0.5, 0.6) is 0 Å². The van der Waals surface area contributed by atoms with Crippen LogP contribution in [0.3, 0.4) is 0 Å². The number of phosphoric acid groups is 1. The number of phosphoric ester groups is 1. The van der Waals surface area contributed by atoms with E-state index >= 15 is 0 Å². The molecule has 1 aliphatic rings. The first-order valence-corrected chi connectivity index (χ1v) is 8.70. The molecule has 25 heavy (non-hydrogen) atoms. The Labute approximate surface area is 140 Å². The van der Waals surface area contributed by atoms with E-state index in [1.165, 1.54) is 13.1 Å². The second-order valence-corrected chi connectivity index (χ2v) is 6.58. The zero-order valence-corrected chi connectivity index (χ0v) is 14.0. The fourth-order valence-corrected chi connectivity index (χ4v) is 2.73. The molecule has 1 aromatic rings. The number of hydrogen-bond acceptors (Lipinski definition) is 7. The molecule has 4 atom stereocenters. The van der Waals surface area contributed by atoms with E-state index in [0.29, 0.717) is 0 Å². The smallest absolute Gasteiger partial charge is 0.387 e. The Bertz CT molecular complexity index is 760. The lowest BCUT2D eigenvalue weighted by Gasteiger charge is -2.22. The van der Waals surface area contributed by atoms with Gasteiger partial charge in [-0.2, -0.15) is 0 Å². The molecule has 2 heterocycles.